The van der Waals surface area contributed by atoms with Crippen molar-refractivity contribution in [2.24, 2.45) is 5.92 Å². The third-order valence-corrected chi connectivity index (χ3v) is 4.41. The number of rotatable bonds is 4. The van der Waals surface area contributed by atoms with Gasteiger partial charge in [-0.25, -0.2) is 4.39 Å². The van der Waals surface area contributed by atoms with Crippen LogP contribution in [0.4, 0.5) is 4.39 Å². The van der Waals surface area contributed by atoms with Crippen LogP contribution in [-0.2, 0) is 11.3 Å². The maximum atomic E-state index is 13.7. The minimum atomic E-state index is -0.696. The fraction of sp³-hybridized carbons (Fsp3) is 0.412. The van der Waals surface area contributed by atoms with E-state index in [1.807, 2.05) is 6.07 Å². The first-order valence-corrected chi connectivity index (χ1v) is 7.63. The molecule has 0 aliphatic heterocycles. The first kappa shape index (κ1) is 14.9. The van der Waals surface area contributed by atoms with Crippen LogP contribution in [0.5, 0.6) is 0 Å². The molecule has 2 N–H and O–H groups in total. The van der Waals surface area contributed by atoms with Crippen LogP contribution >= 0.6 is 0 Å². The van der Waals surface area contributed by atoms with E-state index in [1.54, 1.807) is 12.3 Å². The summed E-state index contributed by atoms with van der Waals surface area (Å²) in [5, 5.41) is 13.2. The second kappa shape index (κ2) is 6.40. The van der Waals surface area contributed by atoms with E-state index < -0.39 is 5.97 Å². The van der Waals surface area contributed by atoms with Crippen LogP contribution in [0.15, 0.2) is 30.5 Å². The molecule has 0 radical (unpaired) electrons. The summed E-state index contributed by atoms with van der Waals surface area (Å²) in [7, 11) is 0. The number of halogens is 1. The van der Waals surface area contributed by atoms with Crippen LogP contribution in [0.2, 0.25) is 0 Å². The lowest BCUT2D eigenvalue weighted by molar-refractivity contribution is -0.142. The SMILES string of the molecule is O=C(O)C1CCC(NCc2cc(F)cc3cccnc23)CC1. The van der Waals surface area contributed by atoms with Crippen LogP contribution in [0.1, 0.15) is 31.2 Å². The molecule has 1 fully saturated rings. The number of benzene rings is 1. The molecule has 0 bridgehead atoms. The normalized spacial score (nSPS) is 21.9. The Balaban J connectivity index is 1.66. The number of hydrogen-bond acceptors (Lipinski definition) is 3. The number of hydrogen-bond donors (Lipinski definition) is 2. The number of carbonyl (C=O) groups is 1. The van der Waals surface area contributed by atoms with Crippen molar-refractivity contribution in [1.29, 1.82) is 0 Å². The van der Waals surface area contributed by atoms with Crippen molar-refractivity contribution in [3.63, 3.8) is 0 Å². The average molecular weight is 302 g/mol. The fourth-order valence-electron chi connectivity index (χ4n) is 3.16. The largest absolute Gasteiger partial charge is 0.481 e. The van der Waals surface area contributed by atoms with Crippen LogP contribution < -0.4 is 5.32 Å². The summed E-state index contributed by atoms with van der Waals surface area (Å²) >= 11 is 0. The Labute approximate surface area is 128 Å². The van der Waals surface area contributed by atoms with E-state index >= 15 is 0 Å². The van der Waals surface area contributed by atoms with E-state index in [0.717, 1.165) is 29.3 Å². The molecule has 0 spiro atoms. The van der Waals surface area contributed by atoms with Gasteiger partial charge < -0.3 is 10.4 Å². The van der Waals surface area contributed by atoms with Crippen LogP contribution in [0.3, 0.4) is 0 Å². The summed E-state index contributed by atoms with van der Waals surface area (Å²) in [6.45, 7) is 0.549. The molecule has 1 aromatic carbocycles. The van der Waals surface area contributed by atoms with Crippen molar-refractivity contribution in [3.05, 3.63) is 41.8 Å². The molecule has 1 aliphatic rings. The van der Waals surface area contributed by atoms with Crippen LogP contribution in [0, 0.1) is 11.7 Å². The van der Waals surface area contributed by atoms with Gasteiger partial charge in [0.05, 0.1) is 11.4 Å². The lowest BCUT2D eigenvalue weighted by Gasteiger charge is -2.27. The molecule has 1 aromatic heterocycles. The number of fused-ring (bicyclic) bond motifs is 1. The van der Waals surface area contributed by atoms with E-state index in [2.05, 4.69) is 10.3 Å². The molecule has 1 heterocycles. The van der Waals surface area contributed by atoms with Gasteiger partial charge in [-0.3, -0.25) is 9.78 Å². The van der Waals surface area contributed by atoms with Gasteiger partial charge in [-0.15, -0.1) is 0 Å². The molecule has 1 saturated carbocycles. The predicted octanol–water partition coefficient (Wildman–Crippen LogP) is 3.11. The van der Waals surface area contributed by atoms with Gasteiger partial charge in [0, 0.05) is 24.2 Å². The fourth-order valence-corrected chi connectivity index (χ4v) is 3.16. The Morgan fingerprint density at radius 1 is 1.32 bits per heavy atom. The molecule has 0 atom stereocenters. The van der Waals surface area contributed by atoms with Crippen molar-refractivity contribution in [1.82, 2.24) is 10.3 Å². The number of aromatic nitrogens is 1. The third-order valence-electron chi connectivity index (χ3n) is 4.41. The molecule has 22 heavy (non-hydrogen) atoms. The van der Waals surface area contributed by atoms with Crippen molar-refractivity contribution >= 4 is 16.9 Å². The summed E-state index contributed by atoms with van der Waals surface area (Å²) in [6, 6.07) is 6.95. The van der Waals surface area contributed by atoms with Crippen molar-refractivity contribution in [3.8, 4) is 0 Å². The van der Waals surface area contributed by atoms with Crippen molar-refractivity contribution in [2.75, 3.05) is 0 Å². The lowest BCUT2D eigenvalue weighted by Crippen LogP contribution is -2.34. The molecule has 0 amide bonds. The number of aliphatic carboxylic acids is 1. The van der Waals surface area contributed by atoms with Gasteiger partial charge >= 0.3 is 5.97 Å². The van der Waals surface area contributed by atoms with Gasteiger partial charge in [-0.1, -0.05) is 6.07 Å². The number of pyridine rings is 1. The molecule has 4 nitrogen and oxygen atoms in total. The summed E-state index contributed by atoms with van der Waals surface area (Å²) in [6.07, 6.45) is 4.81. The summed E-state index contributed by atoms with van der Waals surface area (Å²) in [4.78, 5) is 15.3. The number of nitrogens with one attached hydrogen (secondary N) is 1. The standard InChI is InChI=1S/C17H19FN2O2/c18-14-8-12-2-1-7-19-16(12)13(9-14)10-20-15-5-3-11(4-6-15)17(21)22/h1-2,7-9,11,15,20H,3-6,10H2,(H,21,22). The van der Waals surface area contributed by atoms with Gasteiger partial charge in [0.1, 0.15) is 5.82 Å². The number of nitrogens with zero attached hydrogens (tertiary/aromatic N) is 1. The third kappa shape index (κ3) is 3.25. The molecular weight excluding hydrogens is 283 g/mol. The Morgan fingerprint density at radius 2 is 2.09 bits per heavy atom. The van der Waals surface area contributed by atoms with Crippen LogP contribution in [0.25, 0.3) is 10.9 Å². The molecule has 1 aliphatic carbocycles. The second-order valence-corrected chi connectivity index (χ2v) is 5.91. The van der Waals surface area contributed by atoms with E-state index in [4.69, 9.17) is 5.11 Å². The molecule has 5 heteroatoms. The smallest absolute Gasteiger partial charge is 0.306 e. The zero-order valence-corrected chi connectivity index (χ0v) is 12.3. The Morgan fingerprint density at radius 3 is 2.82 bits per heavy atom. The Bertz CT molecular complexity index is 681. The van der Waals surface area contributed by atoms with Crippen LogP contribution in [-0.4, -0.2) is 22.1 Å². The second-order valence-electron chi connectivity index (χ2n) is 5.91. The number of carboxylic acids is 1. The molecule has 0 unspecified atom stereocenters. The first-order valence-electron chi connectivity index (χ1n) is 7.63. The van der Waals surface area contributed by atoms with E-state index in [9.17, 15) is 9.18 Å². The zero-order chi connectivity index (χ0) is 15.5. The molecule has 3 rings (SSSR count). The molecular formula is C17H19FN2O2. The lowest BCUT2D eigenvalue weighted by atomic mass is 9.86. The van der Waals surface area contributed by atoms with E-state index in [0.29, 0.717) is 19.4 Å². The highest BCUT2D eigenvalue weighted by Gasteiger charge is 2.25. The first-order chi connectivity index (χ1) is 10.6. The Kier molecular flexibility index (Phi) is 4.34. The van der Waals surface area contributed by atoms with E-state index in [-0.39, 0.29) is 17.8 Å². The minimum Gasteiger partial charge on any atom is -0.481 e. The van der Waals surface area contributed by atoms with Gasteiger partial charge in [0.25, 0.3) is 0 Å². The maximum Gasteiger partial charge on any atom is 0.306 e. The topological polar surface area (TPSA) is 62.2 Å². The predicted molar refractivity (Wildman–Crippen MR) is 81.9 cm³/mol. The monoisotopic (exact) mass is 302 g/mol. The Hall–Kier alpha value is -2.01. The highest BCUT2D eigenvalue weighted by Crippen LogP contribution is 2.25. The summed E-state index contributed by atoms with van der Waals surface area (Å²) < 4.78 is 13.7. The van der Waals surface area contributed by atoms with Gasteiger partial charge in [-0.05, 0) is 49.4 Å². The molecule has 0 saturated heterocycles. The van der Waals surface area contributed by atoms with Gasteiger partial charge in [0.2, 0.25) is 0 Å². The summed E-state index contributed by atoms with van der Waals surface area (Å²) in [5.41, 5.74) is 1.66. The quantitative estimate of drug-likeness (QED) is 0.911. The minimum absolute atomic E-state index is 0.213. The number of carboxylic acid groups (broad SMARTS) is 1. The molecule has 116 valence electrons. The van der Waals surface area contributed by atoms with E-state index in [1.165, 1.54) is 12.1 Å². The zero-order valence-electron chi connectivity index (χ0n) is 12.3. The highest BCUT2D eigenvalue weighted by molar-refractivity contribution is 5.81. The maximum absolute atomic E-state index is 13.7. The van der Waals surface area contributed by atoms with Gasteiger partial charge in [0.15, 0.2) is 0 Å². The molecule has 2 aromatic rings. The van der Waals surface area contributed by atoms with Gasteiger partial charge in [-0.2, -0.15) is 0 Å². The summed E-state index contributed by atoms with van der Waals surface area (Å²) in [5.74, 6) is -1.17. The van der Waals surface area contributed by atoms with Crippen molar-refractivity contribution < 1.29 is 14.3 Å². The van der Waals surface area contributed by atoms with Crippen molar-refractivity contribution in [2.45, 2.75) is 38.3 Å². The average Bonchev–Trinajstić information content (AvgIpc) is 2.52. The highest BCUT2D eigenvalue weighted by atomic mass is 19.1.